The second-order valence-electron chi connectivity index (χ2n) is 4.20. The van der Waals surface area contributed by atoms with Gasteiger partial charge >= 0.3 is 5.97 Å². The molecule has 2 heterocycles. The molecule has 0 atom stereocenters. The SMILES string of the molecule is Cn1cccc1C(=O)NCc1cc(C=CC(=O)O)cs1. The van der Waals surface area contributed by atoms with Crippen LogP contribution in [0.5, 0.6) is 0 Å². The molecule has 0 aromatic carbocycles. The van der Waals surface area contributed by atoms with E-state index in [1.54, 1.807) is 10.6 Å². The molecule has 0 radical (unpaired) electrons. The number of carbonyl (C=O) groups excluding carboxylic acids is 1. The zero-order chi connectivity index (χ0) is 14.5. The average molecular weight is 290 g/mol. The highest BCUT2D eigenvalue weighted by Crippen LogP contribution is 2.16. The predicted octanol–water partition coefficient (Wildman–Crippen LogP) is 2.11. The van der Waals surface area contributed by atoms with Gasteiger partial charge in [-0.05, 0) is 35.2 Å². The van der Waals surface area contributed by atoms with E-state index in [1.807, 2.05) is 30.8 Å². The minimum absolute atomic E-state index is 0.131. The van der Waals surface area contributed by atoms with Crippen LogP contribution in [0.3, 0.4) is 0 Å². The first-order chi connectivity index (χ1) is 9.56. The van der Waals surface area contributed by atoms with Crippen LogP contribution in [0.2, 0.25) is 0 Å². The number of hydrogen-bond acceptors (Lipinski definition) is 3. The first-order valence-corrected chi connectivity index (χ1v) is 6.82. The lowest BCUT2D eigenvalue weighted by Gasteiger charge is -2.04. The van der Waals surface area contributed by atoms with Gasteiger partial charge in [-0.1, -0.05) is 0 Å². The van der Waals surface area contributed by atoms with E-state index in [0.717, 1.165) is 16.5 Å². The van der Waals surface area contributed by atoms with Crippen LogP contribution >= 0.6 is 11.3 Å². The second-order valence-corrected chi connectivity index (χ2v) is 5.20. The summed E-state index contributed by atoms with van der Waals surface area (Å²) < 4.78 is 1.75. The Balaban J connectivity index is 1.93. The fourth-order valence-electron chi connectivity index (χ4n) is 1.70. The molecule has 0 aliphatic carbocycles. The number of amides is 1. The number of nitrogens with one attached hydrogen (secondary N) is 1. The van der Waals surface area contributed by atoms with Crippen molar-refractivity contribution in [2.24, 2.45) is 7.05 Å². The average Bonchev–Trinajstić information content (AvgIpc) is 3.02. The summed E-state index contributed by atoms with van der Waals surface area (Å²) in [4.78, 5) is 23.3. The number of carboxylic acid groups (broad SMARTS) is 1. The number of aliphatic carboxylic acids is 1. The Morgan fingerprint density at radius 1 is 1.50 bits per heavy atom. The van der Waals surface area contributed by atoms with Gasteiger partial charge in [-0.15, -0.1) is 11.3 Å². The molecule has 2 rings (SSSR count). The third-order valence-electron chi connectivity index (χ3n) is 2.69. The summed E-state index contributed by atoms with van der Waals surface area (Å²) in [6, 6.07) is 5.43. The van der Waals surface area contributed by atoms with Crippen molar-refractivity contribution in [1.29, 1.82) is 0 Å². The van der Waals surface area contributed by atoms with Crippen LogP contribution in [0.25, 0.3) is 6.08 Å². The molecule has 0 unspecified atom stereocenters. The van der Waals surface area contributed by atoms with Crippen molar-refractivity contribution in [3.05, 3.63) is 52.0 Å². The highest BCUT2D eigenvalue weighted by molar-refractivity contribution is 7.10. The van der Waals surface area contributed by atoms with Gasteiger partial charge in [-0.25, -0.2) is 4.79 Å². The number of rotatable bonds is 5. The number of carboxylic acids is 1. The van der Waals surface area contributed by atoms with Crippen molar-refractivity contribution in [3.63, 3.8) is 0 Å². The molecule has 0 spiro atoms. The Morgan fingerprint density at radius 2 is 2.30 bits per heavy atom. The number of hydrogen-bond donors (Lipinski definition) is 2. The van der Waals surface area contributed by atoms with E-state index < -0.39 is 5.97 Å². The number of thiophene rings is 1. The molecule has 2 aromatic heterocycles. The van der Waals surface area contributed by atoms with Crippen LogP contribution in [0.15, 0.2) is 35.9 Å². The largest absolute Gasteiger partial charge is 0.478 e. The first-order valence-electron chi connectivity index (χ1n) is 5.94. The first kappa shape index (κ1) is 14.1. The maximum atomic E-state index is 11.9. The van der Waals surface area contributed by atoms with Gasteiger partial charge in [0.15, 0.2) is 0 Å². The van der Waals surface area contributed by atoms with Gasteiger partial charge in [0, 0.05) is 24.2 Å². The van der Waals surface area contributed by atoms with Crippen molar-refractivity contribution in [2.75, 3.05) is 0 Å². The van der Waals surface area contributed by atoms with Crippen LogP contribution in [0.4, 0.5) is 0 Å². The third-order valence-corrected chi connectivity index (χ3v) is 3.65. The maximum absolute atomic E-state index is 11.9. The molecule has 2 N–H and O–H groups in total. The standard InChI is InChI=1S/C14H14N2O3S/c1-16-6-2-3-12(16)14(19)15-8-11-7-10(9-20-11)4-5-13(17)18/h2-7,9H,8H2,1H3,(H,15,19)(H,17,18). The molecule has 104 valence electrons. The quantitative estimate of drug-likeness (QED) is 0.829. The summed E-state index contributed by atoms with van der Waals surface area (Å²) in [6.45, 7) is 0.426. The minimum atomic E-state index is -0.977. The minimum Gasteiger partial charge on any atom is -0.478 e. The molecule has 1 amide bonds. The van der Waals surface area contributed by atoms with E-state index >= 15 is 0 Å². The van der Waals surface area contributed by atoms with Gasteiger partial charge in [0.1, 0.15) is 5.69 Å². The van der Waals surface area contributed by atoms with Gasteiger partial charge < -0.3 is 15.0 Å². The molecule has 5 nitrogen and oxygen atoms in total. The van der Waals surface area contributed by atoms with E-state index in [9.17, 15) is 9.59 Å². The third kappa shape index (κ3) is 3.58. The normalized spacial score (nSPS) is 10.8. The smallest absolute Gasteiger partial charge is 0.328 e. The highest BCUT2D eigenvalue weighted by Gasteiger charge is 2.08. The topological polar surface area (TPSA) is 71.3 Å². The lowest BCUT2D eigenvalue weighted by atomic mass is 10.3. The Hall–Kier alpha value is -2.34. The van der Waals surface area contributed by atoms with Crippen LogP contribution in [0, 0.1) is 0 Å². The van der Waals surface area contributed by atoms with Crippen LogP contribution in [0.1, 0.15) is 20.9 Å². The molecular formula is C14H14N2O3S. The van der Waals surface area contributed by atoms with Gasteiger partial charge in [0.05, 0.1) is 6.54 Å². The summed E-state index contributed by atoms with van der Waals surface area (Å²) in [5.74, 6) is -1.11. The highest BCUT2D eigenvalue weighted by atomic mass is 32.1. The number of carbonyl (C=O) groups is 2. The molecule has 20 heavy (non-hydrogen) atoms. The summed E-state index contributed by atoms with van der Waals surface area (Å²) in [7, 11) is 1.81. The van der Waals surface area contributed by atoms with Gasteiger partial charge in [-0.3, -0.25) is 4.79 Å². The van der Waals surface area contributed by atoms with Crippen LogP contribution < -0.4 is 5.32 Å². The molecule has 0 fully saturated rings. The lowest BCUT2D eigenvalue weighted by Crippen LogP contribution is -2.24. The van der Waals surface area contributed by atoms with Crippen molar-refractivity contribution < 1.29 is 14.7 Å². The molecule has 0 saturated carbocycles. The molecule has 2 aromatic rings. The van der Waals surface area contributed by atoms with Crippen molar-refractivity contribution in [2.45, 2.75) is 6.54 Å². The van der Waals surface area contributed by atoms with Crippen molar-refractivity contribution >= 4 is 29.3 Å². The summed E-state index contributed by atoms with van der Waals surface area (Å²) >= 11 is 1.48. The second kappa shape index (κ2) is 6.21. The molecular weight excluding hydrogens is 276 g/mol. The maximum Gasteiger partial charge on any atom is 0.328 e. The fourth-order valence-corrected chi connectivity index (χ4v) is 2.49. The van der Waals surface area contributed by atoms with E-state index in [1.165, 1.54) is 17.4 Å². The molecule has 0 aliphatic rings. The van der Waals surface area contributed by atoms with E-state index in [2.05, 4.69) is 5.32 Å². The summed E-state index contributed by atoms with van der Waals surface area (Å²) in [5, 5.41) is 13.2. The lowest BCUT2D eigenvalue weighted by molar-refractivity contribution is -0.131. The number of nitrogens with zero attached hydrogens (tertiary/aromatic N) is 1. The molecule has 0 bridgehead atoms. The Bertz CT molecular complexity index is 655. The van der Waals surface area contributed by atoms with Crippen LogP contribution in [-0.2, 0) is 18.4 Å². The zero-order valence-corrected chi connectivity index (χ0v) is 11.7. The van der Waals surface area contributed by atoms with E-state index in [4.69, 9.17) is 5.11 Å². The Kier molecular flexibility index (Phi) is 4.37. The molecule has 6 heteroatoms. The summed E-state index contributed by atoms with van der Waals surface area (Å²) in [5.41, 5.74) is 1.42. The predicted molar refractivity (Wildman–Crippen MR) is 77.6 cm³/mol. The van der Waals surface area contributed by atoms with Gasteiger partial charge in [-0.2, -0.15) is 0 Å². The van der Waals surface area contributed by atoms with Gasteiger partial charge in [0.2, 0.25) is 0 Å². The zero-order valence-electron chi connectivity index (χ0n) is 10.9. The van der Waals surface area contributed by atoms with Crippen molar-refractivity contribution in [1.82, 2.24) is 9.88 Å². The molecule has 0 aliphatic heterocycles. The molecule has 0 saturated heterocycles. The van der Waals surface area contributed by atoms with E-state index in [0.29, 0.717) is 12.2 Å². The Labute approximate surface area is 120 Å². The summed E-state index contributed by atoms with van der Waals surface area (Å²) in [6.07, 6.45) is 4.44. The van der Waals surface area contributed by atoms with Crippen molar-refractivity contribution in [3.8, 4) is 0 Å². The Morgan fingerprint density at radius 3 is 2.95 bits per heavy atom. The fraction of sp³-hybridized carbons (Fsp3) is 0.143. The monoisotopic (exact) mass is 290 g/mol. The van der Waals surface area contributed by atoms with Crippen LogP contribution in [-0.4, -0.2) is 21.6 Å². The number of aromatic nitrogens is 1. The number of aryl methyl sites for hydroxylation is 1. The van der Waals surface area contributed by atoms with E-state index in [-0.39, 0.29) is 5.91 Å². The van der Waals surface area contributed by atoms with Gasteiger partial charge in [0.25, 0.3) is 5.91 Å².